The summed E-state index contributed by atoms with van der Waals surface area (Å²) in [5, 5.41) is 1.51. The zero-order chi connectivity index (χ0) is 8.97. The molecule has 0 unspecified atom stereocenters. The molecule has 0 spiro atoms. The Morgan fingerprint density at radius 2 is 2.00 bits per heavy atom. The number of hydrogen-bond donors (Lipinski definition) is 0. The van der Waals surface area contributed by atoms with Gasteiger partial charge in [-0.15, -0.1) is 0 Å². The molecule has 1 rings (SSSR count). The molecule has 0 saturated carbocycles. The van der Waals surface area contributed by atoms with Crippen molar-refractivity contribution in [3.63, 3.8) is 0 Å². The Morgan fingerprint density at radius 3 is 2.50 bits per heavy atom. The fraction of sp³-hybridized carbons (Fsp3) is 0.222. The van der Waals surface area contributed by atoms with Gasteiger partial charge >= 0.3 is 0 Å². The number of halogens is 2. The first-order valence-electron chi connectivity index (χ1n) is 3.51. The van der Waals surface area contributed by atoms with Gasteiger partial charge in [-0.05, 0) is 11.1 Å². The first-order valence-corrected chi connectivity index (χ1v) is 5.75. The van der Waals surface area contributed by atoms with Gasteiger partial charge in [0.2, 0.25) is 0 Å². The average Bonchev–Trinajstić information content (AvgIpc) is 2.16. The SMILES string of the molecule is O=Cc1cccc(CBr)c1CBr. The lowest BCUT2D eigenvalue weighted by Gasteiger charge is -2.05. The molecule has 0 fully saturated rings. The van der Waals surface area contributed by atoms with Gasteiger partial charge in [0.15, 0.2) is 0 Å². The number of carbonyl (C=O) groups is 1. The molecule has 0 aliphatic carbocycles. The van der Waals surface area contributed by atoms with Crippen molar-refractivity contribution >= 4 is 38.1 Å². The van der Waals surface area contributed by atoms with Crippen molar-refractivity contribution in [1.82, 2.24) is 0 Å². The van der Waals surface area contributed by atoms with Crippen LogP contribution >= 0.6 is 31.9 Å². The molecular formula is C9H8Br2O. The lowest BCUT2D eigenvalue weighted by atomic mass is 10.0. The summed E-state index contributed by atoms with van der Waals surface area (Å²) < 4.78 is 0. The molecule has 0 heterocycles. The van der Waals surface area contributed by atoms with Crippen molar-refractivity contribution in [2.24, 2.45) is 0 Å². The number of benzene rings is 1. The Hall–Kier alpha value is -0.150. The van der Waals surface area contributed by atoms with Crippen LogP contribution in [0.5, 0.6) is 0 Å². The molecule has 0 aliphatic rings. The second kappa shape index (κ2) is 4.77. The predicted octanol–water partition coefficient (Wildman–Crippen LogP) is 3.29. The molecular weight excluding hydrogens is 284 g/mol. The predicted molar refractivity (Wildman–Crippen MR) is 57.1 cm³/mol. The highest BCUT2D eigenvalue weighted by atomic mass is 79.9. The molecule has 64 valence electrons. The monoisotopic (exact) mass is 290 g/mol. The summed E-state index contributed by atoms with van der Waals surface area (Å²) in [6.45, 7) is 0. The van der Waals surface area contributed by atoms with Gasteiger partial charge in [-0.3, -0.25) is 4.79 Å². The lowest BCUT2D eigenvalue weighted by Crippen LogP contribution is -1.94. The number of hydrogen-bond acceptors (Lipinski definition) is 1. The Labute approximate surface area is 88.4 Å². The van der Waals surface area contributed by atoms with Gasteiger partial charge in [0.1, 0.15) is 6.29 Å². The maximum atomic E-state index is 10.6. The number of aldehydes is 1. The first kappa shape index (κ1) is 9.93. The van der Waals surface area contributed by atoms with E-state index in [0.717, 1.165) is 33.6 Å². The highest BCUT2D eigenvalue weighted by molar-refractivity contribution is 9.09. The van der Waals surface area contributed by atoms with Crippen molar-refractivity contribution in [3.05, 3.63) is 34.9 Å². The van der Waals surface area contributed by atoms with E-state index < -0.39 is 0 Å². The van der Waals surface area contributed by atoms with Gasteiger partial charge in [0.25, 0.3) is 0 Å². The molecule has 1 aromatic rings. The molecule has 0 aliphatic heterocycles. The molecule has 3 heteroatoms. The summed E-state index contributed by atoms with van der Waals surface area (Å²) in [5.74, 6) is 0. The summed E-state index contributed by atoms with van der Waals surface area (Å²) in [5.41, 5.74) is 3.00. The van der Waals surface area contributed by atoms with Crippen LogP contribution in [0.2, 0.25) is 0 Å². The van der Waals surface area contributed by atoms with E-state index in [1.807, 2.05) is 18.2 Å². The summed E-state index contributed by atoms with van der Waals surface area (Å²) >= 11 is 6.74. The van der Waals surface area contributed by atoms with Crippen LogP contribution in [0.15, 0.2) is 18.2 Å². The van der Waals surface area contributed by atoms with Crippen LogP contribution < -0.4 is 0 Å². The number of carbonyl (C=O) groups excluding carboxylic acids is 1. The van der Waals surface area contributed by atoms with E-state index in [0.29, 0.717) is 0 Å². The standard InChI is InChI=1S/C9H8Br2O/c10-4-7-2-1-3-8(6-12)9(7)5-11/h1-3,6H,4-5H2. The fourth-order valence-electron chi connectivity index (χ4n) is 1.05. The highest BCUT2D eigenvalue weighted by Gasteiger charge is 2.04. The molecule has 0 saturated heterocycles. The summed E-state index contributed by atoms with van der Waals surface area (Å²) in [6.07, 6.45) is 0.892. The van der Waals surface area contributed by atoms with E-state index in [4.69, 9.17) is 0 Å². The Balaban J connectivity index is 3.21. The van der Waals surface area contributed by atoms with Gasteiger partial charge in [0.05, 0.1) is 0 Å². The van der Waals surface area contributed by atoms with Crippen molar-refractivity contribution in [3.8, 4) is 0 Å². The maximum absolute atomic E-state index is 10.6. The smallest absolute Gasteiger partial charge is 0.150 e. The molecule has 0 radical (unpaired) electrons. The lowest BCUT2D eigenvalue weighted by molar-refractivity contribution is 0.112. The van der Waals surface area contributed by atoms with Crippen molar-refractivity contribution in [2.75, 3.05) is 0 Å². The van der Waals surface area contributed by atoms with Crippen molar-refractivity contribution in [1.29, 1.82) is 0 Å². The number of alkyl halides is 2. The maximum Gasteiger partial charge on any atom is 0.150 e. The molecule has 0 amide bonds. The van der Waals surface area contributed by atoms with Crippen LogP contribution in [0.25, 0.3) is 0 Å². The van der Waals surface area contributed by atoms with E-state index in [1.165, 1.54) is 0 Å². The minimum atomic E-state index is 0.725. The largest absolute Gasteiger partial charge is 0.298 e. The molecule has 1 aromatic carbocycles. The third-order valence-electron chi connectivity index (χ3n) is 1.71. The molecule has 0 bridgehead atoms. The van der Waals surface area contributed by atoms with Crippen molar-refractivity contribution in [2.45, 2.75) is 10.7 Å². The quantitative estimate of drug-likeness (QED) is 0.617. The van der Waals surface area contributed by atoms with Crippen LogP contribution in [-0.4, -0.2) is 6.29 Å². The zero-order valence-corrected chi connectivity index (χ0v) is 9.56. The molecule has 12 heavy (non-hydrogen) atoms. The van der Waals surface area contributed by atoms with Crippen LogP contribution in [0.3, 0.4) is 0 Å². The van der Waals surface area contributed by atoms with Gasteiger partial charge in [0, 0.05) is 16.2 Å². The van der Waals surface area contributed by atoms with E-state index >= 15 is 0 Å². The minimum absolute atomic E-state index is 0.725. The van der Waals surface area contributed by atoms with Gasteiger partial charge in [-0.25, -0.2) is 0 Å². The summed E-state index contributed by atoms with van der Waals surface area (Å²) in [7, 11) is 0. The van der Waals surface area contributed by atoms with E-state index in [9.17, 15) is 4.79 Å². The third kappa shape index (κ3) is 1.96. The normalized spacial score (nSPS) is 9.83. The van der Waals surface area contributed by atoms with Crippen LogP contribution in [0, 0.1) is 0 Å². The van der Waals surface area contributed by atoms with Crippen LogP contribution in [-0.2, 0) is 10.7 Å². The van der Waals surface area contributed by atoms with E-state index in [1.54, 1.807) is 0 Å². The molecule has 0 aromatic heterocycles. The van der Waals surface area contributed by atoms with E-state index in [-0.39, 0.29) is 0 Å². The Bertz CT molecular complexity index is 284. The minimum Gasteiger partial charge on any atom is -0.298 e. The van der Waals surface area contributed by atoms with Crippen LogP contribution in [0.4, 0.5) is 0 Å². The van der Waals surface area contributed by atoms with Gasteiger partial charge in [-0.2, -0.15) is 0 Å². The summed E-state index contributed by atoms with van der Waals surface area (Å²) in [4.78, 5) is 10.6. The Kier molecular flexibility index (Phi) is 3.95. The second-order valence-corrected chi connectivity index (χ2v) is 3.49. The highest BCUT2D eigenvalue weighted by Crippen LogP contribution is 2.18. The molecule has 0 N–H and O–H groups in total. The number of rotatable bonds is 3. The third-order valence-corrected chi connectivity index (χ3v) is 2.88. The van der Waals surface area contributed by atoms with Crippen LogP contribution in [0.1, 0.15) is 21.5 Å². The Morgan fingerprint density at radius 1 is 1.25 bits per heavy atom. The topological polar surface area (TPSA) is 17.1 Å². The average molecular weight is 292 g/mol. The van der Waals surface area contributed by atoms with Gasteiger partial charge < -0.3 is 0 Å². The van der Waals surface area contributed by atoms with E-state index in [2.05, 4.69) is 31.9 Å². The second-order valence-electron chi connectivity index (χ2n) is 2.37. The molecule has 1 nitrogen and oxygen atoms in total. The zero-order valence-electron chi connectivity index (χ0n) is 6.39. The first-order chi connectivity index (χ1) is 5.83. The van der Waals surface area contributed by atoms with Gasteiger partial charge in [-0.1, -0.05) is 50.1 Å². The van der Waals surface area contributed by atoms with Crippen molar-refractivity contribution < 1.29 is 4.79 Å². The fourth-order valence-corrected chi connectivity index (χ4v) is 2.26. The summed E-state index contributed by atoms with van der Waals surface area (Å²) in [6, 6.07) is 5.74. The molecule has 0 atom stereocenters.